The topological polar surface area (TPSA) is 72.7 Å². The summed E-state index contributed by atoms with van der Waals surface area (Å²) in [6, 6.07) is 14.4. The number of ether oxygens (including phenoxy) is 1. The lowest BCUT2D eigenvalue weighted by atomic mass is 9.83. The van der Waals surface area contributed by atoms with Crippen LogP contribution in [0.4, 0.5) is 5.69 Å². The number of aryl methyl sites for hydroxylation is 1. The first-order valence-electron chi connectivity index (χ1n) is 9.33. The molecule has 1 amide bonds. The molecular formula is C21H22N2O4. The minimum atomic E-state index is -0.433. The molecule has 0 saturated carbocycles. The third-order valence-electron chi connectivity index (χ3n) is 5.68. The molecule has 1 saturated heterocycles. The van der Waals surface area contributed by atoms with E-state index in [-0.39, 0.29) is 23.6 Å². The number of nitro groups is 1. The molecule has 1 spiro atoms. The molecule has 140 valence electrons. The van der Waals surface area contributed by atoms with Crippen molar-refractivity contribution < 1.29 is 14.5 Å². The zero-order valence-electron chi connectivity index (χ0n) is 15.1. The van der Waals surface area contributed by atoms with Gasteiger partial charge in [0.15, 0.2) is 0 Å². The number of carbonyl (C=O) groups excluding carboxylic acids is 1. The first kappa shape index (κ1) is 17.5. The highest BCUT2D eigenvalue weighted by atomic mass is 16.6. The van der Waals surface area contributed by atoms with Crippen LogP contribution in [0.1, 0.15) is 30.4 Å². The number of nitrogens with zero attached hydrogens (tertiary/aromatic N) is 2. The minimum absolute atomic E-state index is 0.0424. The van der Waals surface area contributed by atoms with Gasteiger partial charge in [-0.25, -0.2) is 0 Å². The Kier molecular flexibility index (Phi) is 4.56. The van der Waals surface area contributed by atoms with Gasteiger partial charge in [0.2, 0.25) is 5.91 Å². The summed E-state index contributed by atoms with van der Waals surface area (Å²) in [7, 11) is 0. The van der Waals surface area contributed by atoms with E-state index in [4.69, 9.17) is 4.74 Å². The Morgan fingerprint density at radius 2 is 1.78 bits per heavy atom. The fourth-order valence-electron chi connectivity index (χ4n) is 3.99. The van der Waals surface area contributed by atoms with Gasteiger partial charge in [0.1, 0.15) is 11.4 Å². The van der Waals surface area contributed by atoms with Crippen molar-refractivity contribution in [1.29, 1.82) is 0 Å². The van der Waals surface area contributed by atoms with E-state index in [2.05, 4.69) is 6.07 Å². The molecule has 0 atom stereocenters. The van der Waals surface area contributed by atoms with Crippen molar-refractivity contribution in [2.24, 2.45) is 0 Å². The van der Waals surface area contributed by atoms with Gasteiger partial charge in [-0.1, -0.05) is 30.3 Å². The molecule has 4 rings (SSSR count). The fraction of sp³-hybridized carbons (Fsp3) is 0.381. The Hall–Kier alpha value is -2.89. The molecule has 0 bridgehead atoms. The number of likely N-dealkylation sites (tertiary alicyclic amines) is 1. The van der Waals surface area contributed by atoms with Gasteiger partial charge >= 0.3 is 0 Å². The van der Waals surface area contributed by atoms with E-state index in [9.17, 15) is 14.9 Å². The van der Waals surface area contributed by atoms with Crippen molar-refractivity contribution in [3.63, 3.8) is 0 Å². The predicted molar refractivity (Wildman–Crippen MR) is 101 cm³/mol. The van der Waals surface area contributed by atoms with Gasteiger partial charge < -0.3 is 9.64 Å². The fourth-order valence-corrected chi connectivity index (χ4v) is 3.99. The second-order valence-electron chi connectivity index (χ2n) is 7.37. The summed E-state index contributed by atoms with van der Waals surface area (Å²) < 4.78 is 6.34. The molecular weight excluding hydrogens is 344 g/mol. The van der Waals surface area contributed by atoms with Crippen molar-refractivity contribution in [3.05, 3.63) is 69.8 Å². The Labute approximate surface area is 157 Å². The zero-order valence-corrected chi connectivity index (χ0v) is 15.1. The standard InChI is InChI=1S/C21H22N2O4/c24-20(15-16-5-7-18(8-6-16)23(25)26)22-13-11-21(12-14-22)10-9-17-3-1-2-4-19(17)27-21/h1-8H,9-15H2. The molecule has 0 N–H and O–H groups in total. The first-order valence-corrected chi connectivity index (χ1v) is 9.33. The van der Waals surface area contributed by atoms with Crippen LogP contribution in [0.5, 0.6) is 5.75 Å². The number of hydrogen-bond donors (Lipinski definition) is 0. The van der Waals surface area contributed by atoms with Gasteiger partial charge in [-0.05, 0) is 30.0 Å². The lowest BCUT2D eigenvalue weighted by molar-refractivity contribution is -0.384. The van der Waals surface area contributed by atoms with Crippen LogP contribution in [0.25, 0.3) is 0 Å². The van der Waals surface area contributed by atoms with E-state index in [1.165, 1.54) is 17.7 Å². The van der Waals surface area contributed by atoms with Crippen LogP contribution in [-0.4, -0.2) is 34.4 Å². The maximum Gasteiger partial charge on any atom is 0.269 e. The monoisotopic (exact) mass is 366 g/mol. The SMILES string of the molecule is O=C(Cc1ccc([N+](=O)[O-])cc1)N1CCC2(CCc3ccccc3O2)CC1. The number of para-hydroxylation sites is 1. The molecule has 2 aliphatic rings. The van der Waals surface area contributed by atoms with Gasteiger partial charge in [0.25, 0.3) is 5.69 Å². The van der Waals surface area contributed by atoms with Crippen LogP contribution in [-0.2, 0) is 17.6 Å². The van der Waals surface area contributed by atoms with Crippen LogP contribution in [0.2, 0.25) is 0 Å². The highest BCUT2D eigenvalue weighted by molar-refractivity contribution is 5.79. The number of nitro benzene ring substituents is 1. The van der Waals surface area contributed by atoms with Gasteiger partial charge in [-0.2, -0.15) is 0 Å². The quantitative estimate of drug-likeness (QED) is 0.615. The maximum absolute atomic E-state index is 12.6. The number of rotatable bonds is 3. The van der Waals surface area contributed by atoms with Gasteiger partial charge in [0.05, 0.1) is 11.3 Å². The lowest BCUT2D eigenvalue weighted by Crippen LogP contribution is -2.51. The van der Waals surface area contributed by atoms with Crippen LogP contribution in [0, 0.1) is 10.1 Å². The van der Waals surface area contributed by atoms with Gasteiger partial charge in [-0.3, -0.25) is 14.9 Å². The molecule has 0 unspecified atom stereocenters. The van der Waals surface area contributed by atoms with Gasteiger partial charge in [0, 0.05) is 38.1 Å². The number of hydrogen-bond acceptors (Lipinski definition) is 4. The minimum Gasteiger partial charge on any atom is -0.487 e. The largest absolute Gasteiger partial charge is 0.487 e. The molecule has 0 radical (unpaired) electrons. The van der Waals surface area contributed by atoms with Crippen molar-refractivity contribution >= 4 is 11.6 Å². The Bertz CT molecular complexity index is 855. The molecule has 2 aromatic rings. The molecule has 2 heterocycles. The van der Waals surface area contributed by atoms with E-state index >= 15 is 0 Å². The number of piperidine rings is 1. The summed E-state index contributed by atoms with van der Waals surface area (Å²) in [4.78, 5) is 24.8. The van der Waals surface area contributed by atoms with Crippen molar-refractivity contribution in [3.8, 4) is 5.75 Å². The molecule has 6 heteroatoms. The van der Waals surface area contributed by atoms with E-state index in [1.54, 1.807) is 12.1 Å². The molecule has 0 aliphatic carbocycles. The van der Waals surface area contributed by atoms with Crippen LogP contribution < -0.4 is 4.74 Å². The summed E-state index contributed by atoms with van der Waals surface area (Å²) >= 11 is 0. The highest BCUT2D eigenvalue weighted by Gasteiger charge is 2.40. The normalized spacial score (nSPS) is 17.9. The molecule has 6 nitrogen and oxygen atoms in total. The summed E-state index contributed by atoms with van der Waals surface area (Å²) in [6.45, 7) is 1.38. The van der Waals surface area contributed by atoms with Crippen LogP contribution in [0.3, 0.4) is 0 Å². The van der Waals surface area contributed by atoms with Gasteiger partial charge in [-0.15, -0.1) is 0 Å². The summed E-state index contributed by atoms with van der Waals surface area (Å²) in [5.41, 5.74) is 1.95. The van der Waals surface area contributed by atoms with Crippen molar-refractivity contribution in [2.75, 3.05) is 13.1 Å². The van der Waals surface area contributed by atoms with E-state index in [1.807, 2.05) is 23.1 Å². The Morgan fingerprint density at radius 1 is 1.07 bits per heavy atom. The molecule has 27 heavy (non-hydrogen) atoms. The second kappa shape index (κ2) is 7.02. The van der Waals surface area contributed by atoms with Crippen LogP contribution >= 0.6 is 0 Å². The summed E-state index contributed by atoms with van der Waals surface area (Å²) in [6.07, 6.45) is 3.97. The highest BCUT2D eigenvalue weighted by Crippen LogP contribution is 2.39. The first-order chi connectivity index (χ1) is 13.0. The third kappa shape index (κ3) is 3.65. The number of non-ortho nitro benzene ring substituents is 1. The Balaban J connectivity index is 1.35. The van der Waals surface area contributed by atoms with E-state index in [0.717, 1.165) is 37.0 Å². The predicted octanol–water partition coefficient (Wildman–Crippen LogP) is 3.52. The van der Waals surface area contributed by atoms with Crippen LogP contribution in [0.15, 0.2) is 48.5 Å². The molecule has 2 aromatic carbocycles. The van der Waals surface area contributed by atoms with E-state index in [0.29, 0.717) is 13.1 Å². The smallest absolute Gasteiger partial charge is 0.269 e. The number of amides is 1. The molecule has 1 fully saturated rings. The third-order valence-corrected chi connectivity index (χ3v) is 5.68. The number of benzene rings is 2. The summed E-state index contributed by atoms with van der Waals surface area (Å²) in [5.74, 6) is 1.05. The molecule has 2 aliphatic heterocycles. The summed E-state index contributed by atoms with van der Waals surface area (Å²) in [5, 5.41) is 10.7. The second-order valence-corrected chi connectivity index (χ2v) is 7.37. The number of fused-ring (bicyclic) bond motifs is 1. The van der Waals surface area contributed by atoms with Crippen molar-refractivity contribution in [2.45, 2.75) is 37.7 Å². The van der Waals surface area contributed by atoms with Crippen molar-refractivity contribution in [1.82, 2.24) is 4.90 Å². The number of carbonyl (C=O) groups is 1. The maximum atomic E-state index is 12.6. The van der Waals surface area contributed by atoms with E-state index < -0.39 is 4.92 Å². The zero-order chi connectivity index (χ0) is 18.9. The Morgan fingerprint density at radius 3 is 2.48 bits per heavy atom. The average Bonchev–Trinajstić information content (AvgIpc) is 2.69. The molecule has 0 aromatic heterocycles. The average molecular weight is 366 g/mol. The lowest BCUT2D eigenvalue weighted by Gasteiger charge is -2.44.